The highest BCUT2D eigenvalue weighted by Crippen LogP contribution is 2.28. The number of aromatic nitrogens is 2. The van der Waals surface area contributed by atoms with E-state index in [0.29, 0.717) is 6.54 Å². The van der Waals surface area contributed by atoms with Gasteiger partial charge in [0, 0.05) is 5.39 Å². The van der Waals surface area contributed by atoms with Crippen LogP contribution in [0.2, 0.25) is 0 Å². The first-order valence-electron chi connectivity index (χ1n) is 5.97. The molecule has 0 aliphatic carbocycles. The van der Waals surface area contributed by atoms with Crippen molar-refractivity contribution in [3.8, 4) is 0 Å². The Balaban J connectivity index is 2.02. The molecule has 0 bridgehead atoms. The fraction of sp³-hybridized carbons (Fsp3) is 0.143. The first-order valence-corrected chi connectivity index (χ1v) is 6.79. The quantitative estimate of drug-likeness (QED) is 0.740. The minimum Gasteiger partial charge on any atom is -0.544 e. The molecule has 2 heterocycles. The maximum Gasteiger partial charge on any atom is 0.123 e. The van der Waals surface area contributed by atoms with E-state index in [1.807, 2.05) is 6.92 Å². The molecule has 2 aromatic heterocycles. The average Bonchev–Trinajstić information content (AvgIpc) is 2.95. The van der Waals surface area contributed by atoms with Gasteiger partial charge in [0.05, 0.1) is 23.1 Å². The van der Waals surface area contributed by atoms with Crippen molar-refractivity contribution in [2.75, 3.05) is 0 Å². The van der Waals surface area contributed by atoms with Gasteiger partial charge >= 0.3 is 0 Å². The fourth-order valence-corrected chi connectivity index (χ4v) is 3.08. The largest absolute Gasteiger partial charge is 0.544 e. The summed E-state index contributed by atoms with van der Waals surface area (Å²) in [6.07, 6.45) is 0. The number of hydrogen-bond donors (Lipinski definition) is 0. The Morgan fingerprint density at radius 3 is 2.75 bits per heavy atom. The van der Waals surface area contributed by atoms with E-state index >= 15 is 0 Å². The van der Waals surface area contributed by atoms with Crippen molar-refractivity contribution >= 4 is 27.5 Å². The molecule has 0 saturated heterocycles. The van der Waals surface area contributed by atoms with Crippen LogP contribution in [0.4, 0.5) is 4.39 Å². The van der Waals surface area contributed by atoms with Gasteiger partial charge < -0.3 is 9.90 Å². The molecule has 0 radical (unpaired) electrons. The van der Waals surface area contributed by atoms with Gasteiger partial charge in [0.2, 0.25) is 0 Å². The van der Waals surface area contributed by atoms with Crippen LogP contribution in [0.15, 0.2) is 30.3 Å². The number of carbonyl (C=O) groups excluding carboxylic acids is 1. The number of carboxylic acid groups (broad SMARTS) is 1. The molecule has 0 amide bonds. The van der Waals surface area contributed by atoms with Crippen LogP contribution in [0, 0.1) is 12.7 Å². The Kier molecular flexibility index (Phi) is 3.02. The molecule has 0 unspecified atom stereocenters. The van der Waals surface area contributed by atoms with E-state index in [9.17, 15) is 14.3 Å². The third-order valence-corrected chi connectivity index (χ3v) is 4.18. The third-order valence-electron chi connectivity index (χ3n) is 3.05. The lowest BCUT2D eigenvalue weighted by Crippen LogP contribution is -2.20. The number of thiophene rings is 1. The van der Waals surface area contributed by atoms with Gasteiger partial charge in [-0.3, -0.25) is 4.68 Å². The molecule has 0 aliphatic rings. The summed E-state index contributed by atoms with van der Waals surface area (Å²) in [5.74, 6) is -1.47. The van der Waals surface area contributed by atoms with Gasteiger partial charge in [-0.05, 0) is 30.7 Å². The Hall–Kier alpha value is -2.21. The van der Waals surface area contributed by atoms with E-state index in [1.165, 1.54) is 12.1 Å². The highest BCUT2D eigenvalue weighted by Gasteiger charge is 2.12. The van der Waals surface area contributed by atoms with E-state index in [1.54, 1.807) is 22.9 Å². The topological polar surface area (TPSA) is 58.0 Å². The Bertz CT molecular complexity index is 789. The second kappa shape index (κ2) is 4.72. The molecule has 0 aliphatic heterocycles. The van der Waals surface area contributed by atoms with Crippen molar-refractivity contribution in [1.29, 1.82) is 0 Å². The summed E-state index contributed by atoms with van der Waals surface area (Å²) in [6.45, 7) is 2.30. The van der Waals surface area contributed by atoms with Crippen LogP contribution in [-0.2, 0) is 6.54 Å². The summed E-state index contributed by atoms with van der Waals surface area (Å²) < 4.78 is 14.6. The normalized spacial score (nSPS) is 11.1. The minimum atomic E-state index is -1.18. The Labute approximate surface area is 118 Å². The van der Waals surface area contributed by atoms with Crippen molar-refractivity contribution in [2.24, 2.45) is 0 Å². The van der Waals surface area contributed by atoms with Gasteiger partial charge in [-0.15, -0.1) is 11.3 Å². The van der Waals surface area contributed by atoms with Crippen LogP contribution in [0.5, 0.6) is 0 Å². The molecule has 0 atom stereocenters. The first-order chi connectivity index (χ1) is 9.54. The molecule has 3 aromatic rings. The van der Waals surface area contributed by atoms with E-state index in [2.05, 4.69) is 5.10 Å². The Morgan fingerprint density at radius 1 is 1.40 bits per heavy atom. The number of carbonyl (C=O) groups is 1. The molecule has 20 heavy (non-hydrogen) atoms. The minimum absolute atomic E-state index is 0.188. The molecular weight excluding hydrogens is 279 g/mol. The second-order valence-electron chi connectivity index (χ2n) is 4.49. The lowest BCUT2D eigenvalue weighted by atomic mass is 10.2. The molecule has 3 rings (SSSR count). The lowest BCUT2D eigenvalue weighted by molar-refractivity contribution is -0.254. The van der Waals surface area contributed by atoms with Crippen LogP contribution in [0.25, 0.3) is 10.2 Å². The third kappa shape index (κ3) is 2.18. The number of fused-ring (bicyclic) bond motifs is 1. The summed E-state index contributed by atoms with van der Waals surface area (Å²) >= 11 is 1.14. The van der Waals surface area contributed by atoms with E-state index < -0.39 is 5.97 Å². The van der Waals surface area contributed by atoms with E-state index in [4.69, 9.17) is 0 Å². The molecule has 102 valence electrons. The van der Waals surface area contributed by atoms with Gasteiger partial charge in [0.1, 0.15) is 10.6 Å². The number of aryl methyl sites for hydroxylation is 1. The van der Waals surface area contributed by atoms with Gasteiger partial charge in [-0.1, -0.05) is 12.1 Å². The van der Waals surface area contributed by atoms with Crippen molar-refractivity contribution in [3.63, 3.8) is 0 Å². The summed E-state index contributed by atoms with van der Waals surface area (Å²) in [5, 5.41) is 16.1. The van der Waals surface area contributed by atoms with Gasteiger partial charge in [0.25, 0.3) is 0 Å². The maximum absolute atomic E-state index is 12.9. The SMILES string of the molecule is Cc1nn(Cc2ccc(F)cc2)c2sc(C(=O)[O-])cc12. The monoisotopic (exact) mass is 289 g/mol. The van der Waals surface area contributed by atoms with E-state index in [-0.39, 0.29) is 10.7 Å². The van der Waals surface area contributed by atoms with Gasteiger partial charge in [-0.2, -0.15) is 5.10 Å². The highest BCUT2D eigenvalue weighted by molar-refractivity contribution is 7.20. The van der Waals surface area contributed by atoms with Crippen molar-refractivity contribution in [3.05, 3.63) is 52.3 Å². The molecule has 6 heteroatoms. The average molecular weight is 289 g/mol. The zero-order valence-corrected chi connectivity index (χ0v) is 11.4. The number of carboxylic acids is 1. The van der Waals surface area contributed by atoms with Crippen LogP contribution in [0.3, 0.4) is 0 Å². The fourth-order valence-electron chi connectivity index (χ4n) is 2.08. The number of benzene rings is 1. The Morgan fingerprint density at radius 2 is 2.10 bits per heavy atom. The predicted octanol–water partition coefficient (Wildman–Crippen LogP) is 1.96. The molecule has 0 N–H and O–H groups in total. The first kappa shape index (κ1) is 12.8. The van der Waals surface area contributed by atoms with Crippen LogP contribution < -0.4 is 5.11 Å². The summed E-state index contributed by atoms with van der Waals surface area (Å²) in [6, 6.07) is 7.74. The van der Waals surface area contributed by atoms with Crippen molar-refractivity contribution in [1.82, 2.24) is 9.78 Å². The van der Waals surface area contributed by atoms with Crippen LogP contribution in [-0.4, -0.2) is 15.7 Å². The smallest absolute Gasteiger partial charge is 0.123 e. The van der Waals surface area contributed by atoms with Crippen LogP contribution in [0.1, 0.15) is 20.9 Å². The van der Waals surface area contributed by atoms with Crippen molar-refractivity contribution < 1.29 is 14.3 Å². The number of rotatable bonds is 3. The summed E-state index contributed by atoms with van der Waals surface area (Å²) in [4.78, 5) is 11.9. The number of hydrogen-bond acceptors (Lipinski definition) is 4. The predicted molar refractivity (Wildman–Crippen MR) is 72.2 cm³/mol. The van der Waals surface area contributed by atoms with E-state index in [0.717, 1.165) is 32.8 Å². The molecule has 1 aromatic carbocycles. The summed E-state index contributed by atoms with van der Waals surface area (Å²) in [7, 11) is 0. The molecule has 0 spiro atoms. The lowest BCUT2D eigenvalue weighted by Gasteiger charge is -2.03. The second-order valence-corrected chi connectivity index (χ2v) is 5.52. The number of nitrogens with zero attached hydrogens (tertiary/aromatic N) is 2. The van der Waals surface area contributed by atoms with Crippen molar-refractivity contribution in [2.45, 2.75) is 13.5 Å². The summed E-state index contributed by atoms with van der Waals surface area (Å²) in [5.41, 5.74) is 1.67. The molecule has 0 fully saturated rings. The molecule has 0 saturated carbocycles. The van der Waals surface area contributed by atoms with Gasteiger partial charge in [0.15, 0.2) is 0 Å². The standard InChI is InChI=1S/C14H11FN2O2S/c1-8-11-6-12(14(18)19)20-13(11)17(16-8)7-9-2-4-10(15)5-3-9/h2-6H,7H2,1H3,(H,18,19)/p-1. The molecular formula is C14H10FN2O2S-. The number of aromatic carboxylic acids is 1. The van der Waals surface area contributed by atoms with Crippen LogP contribution >= 0.6 is 11.3 Å². The van der Waals surface area contributed by atoms with Gasteiger partial charge in [-0.25, -0.2) is 4.39 Å². The highest BCUT2D eigenvalue weighted by atomic mass is 32.1. The molecule has 4 nitrogen and oxygen atoms in total. The number of halogens is 1. The zero-order chi connectivity index (χ0) is 14.3. The maximum atomic E-state index is 12.9. The zero-order valence-electron chi connectivity index (χ0n) is 10.6.